The zero-order valence-electron chi connectivity index (χ0n) is 13.9. The van der Waals surface area contributed by atoms with Gasteiger partial charge in [-0.05, 0) is 29.8 Å². The van der Waals surface area contributed by atoms with Crippen molar-refractivity contribution in [3.63, 3.8) is 0 Å². The monoisotopic (exact) mass is 334 g/mol. The van der Waals surface area contributed by atoms with Crippen molar-refractivity contribution < 1.29 is 9.53 Å². The first-order valence-electron chi connectivity index (χ1n) is 8.16. The summed E-state index contributed by atoms with van der Waals surface area (Å²) in [6, 6.07) is 11.6. The molecular formula is C19H18N4O2. The van der Waals surface area contributed by atoms with Gasteiger partial charge in [0.25, 0.3) is 5.91 Å². The van der Waals surface area contributed by atoms with Gasteiger partial charge in [-0.1, -0.05) is 12.1 Å². The highest BCUT2D eigenvalue weighted by Crippen LogP contribution is 2.22. The van der Waals surface area contributed by atoms with E-state index in [2.05, 4.69) is 10.1 Å². The number of hydrogen-bond donors (Lipinski definition) is 0. The lowest BCUT2D eigenvalue weighted by Crippen LogP contribution is -2.36. The van der Waals surface area contributed by atoms with Gasteiger partial charge in [0.15, 0.2) is 0 Å². The van der Waals surface area contributed by atoms with Gasteiger partial charge in [0.05, 0.1) is 30.3 Å². The van der Waals surface area contributed by atoms with Crippen molar-refractivity contribution in [3.05, 3.63) is 71.8 Å². The summed E-state index contributed by atoms with van der Waals surface area (Å²) < 4.78 is 6.90. The molecule has 0 spiro atoms. The molecular weight excluding hydrogens is 316 g/mol. The van der Waals surface area contributed by atoms with Gasteiger partial charge in [0.1, 0.15) is 5.75 Å². The number of benzene rings is 1. The van der Waals surface area contributed by atoms with Crippen LogP contribution < -0.4 is 4.74 Å². The fraction of sp³-hybridized carbons (Fsp3) is 0.211. The highest BCUT2D eigenvalue weighted by molar-refractivity contribution is 5.96. The molecule has 1 aliphatic heterocycles. The minimum atomic E-state index is 0.0206. The van der Waals surface area contributed by atoms with Gasteiger partial charge in [-0.2, -0.15) is 5.10 Å². The van der Waals surface area contributed by atoms with Crippen molar-refractivity contribution >= 4 is 5.91 Å². The summed E-state index contributed by atoms with van der Waals surface area (Å²) in [5, 5.41) is 4.55. The molecule has 0 saturated carbocycles. The zero-order valence-corrected chi connectivity index (χ0v) is 13.9. The van der Waals surface area contributed by atoms with Gasteiger partial charge in [-0.25, -0.2) is 4.68 Å². The molecule has 2 aromatic heterocycles. The number of fused-ring (bicyclic) bond motifs is 1. The first-order valence-corrected chi connectivity index (χ1v) is 8.16. The molecule has 1 aromatic carbocycles. The minimum absolute atomic E-state index is 0.0206. The number of carbonyl (C=O) groups excluding carboxylic acids is 1. The molecule has 4 rings (SSSR count). The lowest BCUT2D eigenvalue weighted by atomic mass is 10.1. The molecule has 25 heavy (non-hydrogen) atoms. The average Bonchev–Trinajstić information content (AvgIpc) is 3.11. The standard InChI is InChI=1S/C19H18N4O2/c1-25-16-6-4-14(5-7-16)12-22-10-8-18-17(19(22)24)13-23(21-18)15-3-2-9-20-11-15/h2-7,9,11,13H,8,10,12H2,1H3. The van der Waals surface area contributed by atoms with E-state index in [1.807, 2.05) is 41.3 Å². The van der Waals surface area contributed by atoms with Crippen LogP contribution in [-0.2, 0) is 13.0 Å². The first kappa shape index (κ1) is 15.4. The van der Waals surface area contributed by atoms with E-state index in [9.17, 15) is 4.79 Å². The highest BCUT2D eigenvalue weighted by Gasteiger charge is 2.27. The van der Waals surface area contributed by atoms with E-state index < -0.39 is 0 Å². The Balaban J connectivity index is 1.55. The van der Waals surface area contributed by atoms with Crippen molar-refractivity contribution in [1.29, 1.82) is 0 Å². The Bertz CT molecular complexity index is 888. The van der Waals surface area contributed by atoms with Crippen molar-refractivity contribution in [2.75, 3.05) is 13.7 Å². The maximum atomic E-state index is 12.8. The van der Waals surface area contributed by atoms with Gasteiger partial charge in [0, 0.05) is 31.9 Å². The Hall–Kier alpha value is -3.15. The van der Waals surface area contributed by atoms with Crippen LogP contribution >= 0.6 is 0 Å². The smallest absolute Gasteiger partial charge is 0.257 e. The van der Waals surface area contributed by atoms with E-state index in [0.29, 0.717) is 18.7 Å². The van der Waals surface area contributed by atoms with Crippen LogP contribution in [0.15, 0.2) is 55.0 Å². The molecule has 3 aromatic rings. The van der Waals surface area contributed by atoms with Crippen LogP contribution in [0.2, 0.25) is 0 Å². The predicted octanol–water partition coefficient (Wildman–Crippen LogP) is 2.47. The Kier molecular flexibility index (Phi) is 3.93. The van der Waals surface area contributed by atoms with Gasteiger partial charge in [-0.3, -0.25) is 9.78 Å². The molecule has 0 aliphatic carbocycles. The van der Waals surface area contributed by atoms with Crippen LogP contribution in [0.1, 0.15) is 21.6 Å². The molecule has 3 heterocycles. The first-order chi connectivity index (χ1) is 12.2. The van der Waals surface area contributed by atoms with E-state index in [1.165, 1.54) is 0 Å². The summed E-state index contributed by atoms with van der Waals surface area (Å²) in [6.07, 6.45) is 6.01. The normalized spacial score (nSPS) is 13.6. The van der Waals surface area contributed by atoms with Gasteiger partial charge >= 0.3 is 0 Å². The van der Waals surface area contributed by atoms with E-state index in [1.54, 1.807) is 30.4 Å². The number of carbonyl (C=O) groups is 1. The van der Waals surface area contributed by atoms with Crippen LogP contribution in [0.3, 0.4) is 0 Å². The van der Waals surface area contributed by atoms with Crippen molar-refractivity contribution in [2.45, 2.75) is 13.0 Å². The van der Waals surface area contributed by atoms with E-state index in [-0.39, 0.29) is 5.91 Å². The van der Waals surface area contributed by atoms with E-state index in [0.717, 1.165) is 29.1 Å². The van der Waals surface area contributed by atoms with Crippen molar-refractivity contribution in [2.24, 2.45) is 0 Å². The Morgan fingerprint density at radius 1 is 1.20 bits per heavy atom. The summed E-state index contributed by atoms with van der Waals surface area (Å²) in [5.74, 6) is 0.834. The van der Waals surface area contributed by atoms with Crippen LogP contribution in [0, 0.1) is 0 Å². The average molecular weight is 334 g/mol. The quantitative estimate of drug-likeness (QED) is 0.735. The van der Waals surface area contributed by atoms with Crippen LogP contribution in [0.4, 0.5) is 0 Å². The second kappa shape index (κ2) is 6.39. The van der Waals surface area contributed by atoms with E-state index >= 15 is 0 Å². The molecule has 6 heteroatoms. The number of aromatic nitrogens is 3. The number of methoxy groups -OCH3 is 1. The zero-order chi connectivity index (χ0) is 17.2. The number of rotatable bonds is 4. The van der Waals surface area contributed by atoms with Crippen LogP contribution in [0.5, 0.6) is 5.75 Å². The lowest BCUT2D eigenvalue weighted by Gasteiger charge is -2.26. The number of nitrogens with zero attached hydrogens (tertiary/aromatic N) is 4. The fourth-order valence-corrected chi connectivity index (χ4v) is 3.01. The highest BCUT2D eigenvalue weighted by atomic mass is 16.5. The molecule has 1 aliphatic rings. The molecule has 6 nitrogen and oxygen atoms in total. The Morgan fingerprint density at radius 3 is 2.76 bits per heavy atom. The molecule has 0 saturated heterocycles. The third-order valence-electron chi connectivity index (χ3n) is 4.37. The SMILES string of the molecule is COc1ccc(CN2CCc3nn(-c4cccnc4)cc3C2=O)cc1. The molecule has 0 radical (unpaired) electrons. The molecule has 0 unspecified atom stereocenters. The van der Waals surface area contributed by atoms with Crippen molar-refractivity contribution in [3.8, 4) is 11.4 Å². The maximum Gasteiger partial charge on any atom is 0.257 e. The molecule has 126 valence electrons. The van der Waals surface area contributed by atoms with E-state index in [4.69, 9.17) is 4.74 Å². The van der Waals surface area contributed by atoms with Crippen LogP contribution in [-0.4, -0.2) is 39.2 Å². The van der Waals surface area contributed by atoms with Crippen LogP contribution in [0.25, 0.3) is 5.69 Å². The second-order valence-electron chi connectivity index (χ2n) is 5.97. The fourth-order valence-electron chi connectivity index (χ4n) is 3.01. The lowest BCUT2D eigenvalue weighted by molar-refractivity contribution is 0.0726. The number of pyridine rings is 1. The summed E-state index contributed by atoms with van der Waals surface area (Å²) in [7, 11) is 1.64. The molecule has 0 fully saturated rings. The van der Waals surface area contributed by atoms with Gasteiger partial charge in [-0.15, -0.1) is 0 Å². The topological polar surface area (TPSA) is 60.2 Å². The third kappa shape index (κ3) is 2.98. The minimum Gasteiger partial charge on any atom is -0.497 e. The molecule has 0 N–H and O–H groups in total. The van der Waals surface area contributed by atoms with Gasteiger partial charge < -0.3 is 9.64 Å². The Morgan fingerprint density at radius 2 is 2.04 bits per heavy atom. The van der Waals surface area contributed by atoms with Crippen molar-refractivity contribution in [1.82, 2.24) is 19.7 Å². The number of ether oxygens (including phenoxy) is 1. The predicted molar refractivity (Wildman–Crippen MR) is 92.8 cm³/mol. The van der Waals surface area contributed by atoms with Gasteiger partial charge in [0.2, 0.25) is 0 Å². The molecule has 1 amide bonds. The molecule has 0 atom stereocenters. The number of amides is 1. The third-order valence-corrected chi connectivity index (χ3v) is 4.37. The number of hydrogen-bond acceptors (Lipinski definition) is 4. The summed E-state index contributed by atoms with van der Waals surface area (Å²) in [5.41, 5.74) is 3.45. The maximum absolute atomic E-state index is 12.8. The molecule has 0 bridgehead atoms. The second-order valence-corrected chi connectivity index (χ2v) is 5.97. The summed E-state index contributed by atoms with van der Waals surface area (Å²) in [6.45, 7) is 1.25. The Labute approximate surface area is 145 Å². The summed E-state index contributed by atoms with van der Waals surface area (Å²) in [4.78, 5) is 18.8. The summed E-state index contributed by atoms with van der Waals surface area (Å²) >= 11 is 0. The largest absolute Gasteiger partial charge is 0.497 e.